The summed E-state index contributed by atoms with van der Waals surface area (Å²) in [6.45, 7) is 4.56. The van der Waals surface area contributed by atoms with Crippen LogP contribution in [0.2, 0.25) is 0 Å². The van der Waals surface area contributed by atoms with Crippen LogP contribution in [0.25, 0.3) is 28.2 Å². The van der Waals surface area contributed by atoms with Crippen molar-refractivity contribution >= 4 is 45.5 Å². The zero-order valence-electron chi connectivity index (χ0n) is 22.9. The number of carbonyl (C=O) groups is 1. The highest BCUT2D eigenvalue weighted by atomic mass is 32.1. The molecule has 0 bridgehead atoms. The fourth-order valence-corrected chi connectivity index (χ4v) is 7.00. The van der Waals surface area contributed by atoms with Gasteiger partial charge in [0.15, 0.2) is 0 Å². The van der Waals surface area contributed by atoms with E-state index in [1.165, 1.54) is 23.5 Å². The first-order chi connectivity index (χ1) is 20.6. The number of aromatic nitrogens is 2. The van der Waals surface area contributed by atoms with E-state index < -0.39 is 0 Å². The molecule has 4 heterocycles. The van der Waals surface area contributed by atoms with Crippen molar-refractivity contribution in [3.05, 3.63) is 115 Å². The fraction of sp³-hybridized carbons (Fsp3) is 0.212. The van der Waals surface area contributed by atoms with Crippen LogP contribution in [0.3, 0.4) is 0 Å². The molecule has 1 saturated heterocycles. The van der Waals surface area contributed by atoms with E-state index in [1.807, 2.05) is 71.4 Å². The van der Waals surface area contributed by atoms with Gasteiger partial charge in [-0.25, -0.2) is 4.39 Å². The second-order valence-corrected chi connectivity index (χ2v) is 11.5. The van der Waals surface area contributed by atoms with Gasteiger partial charge in [-0.3, -0.25) is 19.1 Å². The molecule has 1 N–H and O–H groups in total. The molecule has 7 nitrogen and oxygen atoms in total. The van der Waals surface area contributed by atoms with Crippen molar-refractivity contribution in [2.45, 2.75) is 13.0 Å². The lowest BCUT2D eigenvalue weighted by molar-refractivity contribution is -0.110. The predicted molar refractivity (Wildman–Crippen MR) is 164 cm³/mol. The van der Waals surface area contributed by atoms with E-state index in [0.29, 0.717) is 27.0 Å². The number of nitrogens with one attached hydrogen (secondary N) is 1. The number of ether oxygens (including phenoxy) is 1. The van der Waals surface area contributed by atoms with Crippen LogP contribution in [-0.2, 0) is 16.1 Å². The Morgan fingerprint density at radius 3 is 2.62 bits per heavy atom. The van der Waals surface area contributed by atoms with Gasteiger partial charge in [0.2, 0.25) is 0 Å². The molecule has 0 spiro atoms. The number of thiazole rings is 1. The lowest BCUT2D eigenvalue weighted by atomic mass is 10.1. The van der Waals surface area contributed by atoms with E-state index in [2.05, 4.69) is 10.2 Å². The zero-order chi connectivity index (χ0) is 28.6. The van der Waals surface area contributed by atoms with Crippen molar-refractivity contribution < 1.29 is 13.9 Å². The van der Waals surface area contributed by atoms with Gasteiger partial charge in [-0.1, -0.05) is 42.5 Å². The fourth-order valence-electron chi connectivity index (χ4n) is 5.82. The number of para-hydroxylation sites is 2. The van der Waals surface area contributed by atoms with E-state index in [0.717, 1.165) is 67.0 Å². The molecule has 1 amide bonds. The third-order valence-corrected chi connectivity index (χ3v) is 9.00. The molecular weight excluding hydrogens is 551 g/mol. The first-order valence-corrected chi connectivity index (χ1v) is 14.9. The van der Waals surface area contributed by atoms with Crippen molar-refractivity contribution in [3.63, 3.8) is 0 Å². The maximum Gasteiger partial charge on any atom is 0.269 e. The Hall–Kier alpha value is -4.31. The van der Waals surface area contributed by atoms with E-state index in [9.17, 15) is 14.0 Å². The summed E-state index contributed by atoms with van der Waals surface area (Å²) in [7, 11) is 0. The highest BCUT2D eigenvalue weighted by Gasteiger charge is 2.27. The number of carbonyl (C=O) groups excluding carboxylic acids is 1. The molecule has 0 unspecified atom stereocenters. The second kappa shape index (κ2) is 11.2. The summed E-state index contributed by atoms with van der Waals surface area (Å²) < 4.78 is 24.5. The molecule has 2 aromatic heterocycles. The number of amides is 1. The third kappa shape index (κ3) is 4.89. The molecule has 0 saturated carbocycles. The maximum absolute atomic E-state index is 14.1. The molecular formula is C33H29FN4O3S. The van der Waals surface area contributed by atoms with Crippen LogP contribution in [-0.4, -0.2) is 52.8 Å². The average molecular weight is 581 g/mol. The lowest BCUT2D eigenvalue weighted by Crippen LogP contribution is -2.38. The Morgan fingerprint density at radius 2 is 1.76 bits per heavy atom. The third-order valence-electron chi connectivity index (χ3n) is 7.87. The summed E-state index contributed by atoms with van der Waals surface area (Å²) in [4.78, 5) is 29.6. The lowest BCUT2D eigenvalue weighted by Gasteiger charge is -2.26. The Bertz CT molecular complexity index is 2000. The zero-order valence-corrected chi connectivity index (χ0v) is 23.7. The topological polar surface area (TPSA) is 68.5 Å². The minimum atomic E-state index is -0.314. The monoisotopic (exact) mass is 580 g/mol. The van der Waals surface area contributed by atoms with Gasteiger partial charge in [0.25, 0.3) is 11.5 Å². The smallest absolute Gasteiger partial charge is 0.269 e. The molecule has 2 aliphatic heterocycles. The van der Waals surface area contributed by atoms with Gasteiger partial charge < -0.3 is 14.6 Å². The SMILES string of the molecule is O=C1Nc2ccccc2C1=c1sc(=Cc2cn(-c3cccc(F)c3)c3ccccc23)c(=O)n1CCCN1CCOCC1. The Kier molecular flexibility index (Phi) is 7.07. The van der Waals surface area contributed by atoms with E-state index >= 15 is 0 Å². The number of hydrogen-bond acceptors (Lipinski definition) is 5. The average Bonchev–Trinajstić information content (AvgIpc) is 3.64. The summed E-state index contributed by atoms with van der Waals surface area (Å²) in [6.07, 6.45) is 4.61. The number of nitrogens with zero attached hydrogens (tertiary/aromatic N) is 3. The number of morpholine rings is 1. The second-order valence-electron chi connectivity index (χ2n) is 10.5. The number of fused-ring (bicyclic) bond motifs is 2. The Balaban J connectivity index is 1.38. The Labute approximate surface area is 245 Å². The van der Waals surface area contributed by atoms with Crippen LogP contribution in [0, 0.1) is 5.82 Å². The summed E-state index contributed by atoms with van der Waals surface area (Å²) in [6, 6.07) is 21.9. The molecule has 42 heavy (non-hydrogen) atoms. The van der Waals surface area contributed by atoms with Crippen LogP contribution in [0.5, 0.6) is 0 Å². The van der Waals surface area contributed by atoms with Crippen molar-refractivity contribution in [2.24, 2.45) is 0 Å². The molecule has 0 radical (unpaired) electrons. The molecule has 3 aromatic carbocycles. The highest BCUT2D eigenvalue weighted by Crippen LogP contribution is 2.29. The standard InChI is InChI=1S/C33H29FN4O3S/c34-23-7-5-8-24(20-23)38-21-22(25-9-2-4-12-28(25)38)19-29-32(40)37(14-6-13-36-15-17-41-18-16-36)33(42-29)30-26-10-1-3-11-27(26)35-31(30)39/h1-5,7-12,19-21H,6,13-18H2,(H,35,39). The van der Waals surface area contributed by atoms with Gasteiger partial charge in [0.05, 0.1) is 28.8 Å². The molecule has 5 aromatic rings. The molecule has 1 fully saturated rings. The van der Waals surface area contributed by atoms with Crippen LogP contribution < -0.4 is 20.1 Å². The molecule has 2 aliphatic rings. The van der Waals surface area contributed by atoms with Crippen molar-refractivity contribution in [3.8, 4) is 5.69 Å². The number of hydrogen-bond donors (Lipinski definition) is 1. The molecule has 212 valence electrons. The van der Waals surface area contributed by atoms with Crippen molar-refractivity contribution in [1.29, 1.82) is 0 Å². The van der Waals surface area contributed by atoms with Crippen LogP contribution >= 0.6 is 11.3 Å². The van der Waals surface area contributed by atoms with Gasteiger partial charge in [0.1, 0.15) is 10.5 Å². The molecule has 7 rings (SSSR count). The minimum Gasteiger partial charge on any atom is -0.379 e. The predicted octanol–water partition coefficient (Wildman–Crippen LogP) is 3.70. The van der Waals surface area contributed by atoms with Crippen molar-refractivity contribution in [2.75, 3.05) is 38.2 Å². The van der Waals surface area contributed by atoms with E-state index in [4.69, 9.17) is 4.74 Å². The summed E-state index contributed by atoms with van der Waals surface area (Å²) in [5, 5.41) is 3.91. The normalized spacial score (nSPS) is 17.2. The van der Waals surface area contributed by atoms with Crippen molar-refractivity contribution in [1.82, 2.24) is 14.0 Å². The molecule has 0 aliphatic carbocycles. The Morgan fingerprint density at radius 1 is 0.952 bits per heavy atom. The van der Waals surface area contributed by atoms with Gasteiger partial charge in [-0.2, -0.15) is 0 Å². The largest absolute Gasteiger partial charge is 0.379 e. The minimum absolute atomic E-state index is 0.121. The summed E-state index contributed by atoms with van der Waals surface area (Å²) in [5.41, 5.74) is 4.43. The first kappa shape index (κ1) is 26.6. The number of anilines is 1. The van der Waals surface area contributed by atoms with Crippen LogP contribution in [0.15, 0.2) is 83.8 Å². The summed E-state index contributed by atoms with van der Waals surface area (Å²) in [5.74, 6) is -0.514. The van der Waals surface area contributed by atoms with Gasteiger partial charge in [-0.15, -0.1) is 11.3 Å². The number of halogens is 1. The number of benzene rings is 3. The van der Waals surface area contributed by atoms with Crippen LogP contribution in [0.1, 0.15) is 17.5 Å². The van der Waals surface area contributed by atoms with Crippen LogP contribution in [0.4, 0.5) is 10.1 Å². The van der Waals surface area contributed by atoms with Gasteiger partial charge in [-0.05, 0) is 42.8 Å². The van der Waals surface area contributed by atoms with E-state index in [-0.39, 0.29) is 17.3 Å². The maximum atomic E-state index is 14.1. The molecule has 0 atom stereocenters. The molecule has 9 heteroatoms. The number of rotatable bonds is 6. The summed E-state index contributed by atoms with van der Waals surface area (Å²) >= 11 is 1.34. The highest BCUT2D eigenvalue weighted by molar-refractivity contribution is 7.07. The quantitative estimate of drug-likeness (QED) is 0.333. The van der Waals surface area contributed by atoms with E-state index in [1.54, 1.807) is 10.6 Å². The van der Waals surface area contributed by atoms with Gasteiger partial charge >= 0.3 is 0 Å². The first-order valence-electron chi connectivity index (χ1n) is 14.1. The van der Waals surface area contributed by atoms with Gasteiger partial charge in [0, 0.05) is 60.3 Å².